The Bertz CT molecular complexity index is 314. The Kier molecular flexibility index (Phi) is 4.87. The molecule has 0 bridgehead atoms. The normalized spacial score (nSPS) is 14.1. The molecule has 0 radical (unpaired) electrons. The van der Waals surface area contributed by atoms with Crippen molar-refractivity contribution in [1.82, 2.24) is 15.5 Å². The first-order chi connectivity index (χ1) is 7.42. The first-order valence-electron chi connectivity index (χ1n) is 5.98. The Morgan fingerprint density at radius 1 is 1.31 bits per heavy atom. The second-order valence-corrected chi connectivity index (χ2v) is 6.54. The van der Waals surface area contributed by atoms with Crippen LogP contribution in [0.5, 0.6) is 0 Å². The van der Waals surface area contributed by atoms with Crippen molar-refractivity contribution in [1.29, 1.82) is 0 Å². The zero-order valence-corrected chi connectivity index (χ0v) is 11.8. The Labute approximate surface area is 103 Å². The minimum absolute atomic E-state index is 0.289. The molecule has 1 unspecified atom stereocenters. The molecular weight excluding hydrogens is 218 g/mol. The van der Waals surface area contributed by atoms with E-state index in [1.807, 2.05) is 0 Å². The predicted molar refractivity (Wildman–Crippen MR) is 69.8 cm³/mol. The van der Waals surface area contributed by atoms with Crippen molar-refractivity contribution in [2.75, 3.05) is 6.54 Å². The van der Waals surface area contributed by atoms with Crippen LogP contribution in [0.3, 0.4) is 0 Å². The van der Waals surface area contributed by atoms with E-state index in [1.54, 1.807) is 11.3 Å². The quantitative estimate of drug-likeness (QED) is 0.860. The first kappa shape index (κ1) is 13.6. The van der Waals surface area contributed by atoms with Gasteiger partial charge >= 0.3 is 0 Å². The van der Waals surface area contributed by atoms with Gasteiger partial charge in [0.05, 0.1) is 6.04 Å². The third kappa shape index (κ3) is 4.58. The molecule has 1 aromatic rings. The highest BCUT2D eigenvalue weighted by molar-refractivity contribution is 7.11. The van der Waals surface area contributed by atoms with Crippen LogP contribution in [0.4, 0.5) is 0 Å². The summed E-state index contributed by atoms with van der Waals surface area (Å²) in [6, 6.07) is 0.325. The fourth-order valence-corrected chi connectivity index (χ4v) is 2.58. The van der Waals surface area contributed by atoms with Crippen LogP contribution in [-0.4, -0.2) is 16.7 Å². The summed E-state index contributed by atoms with van der Waals surface area (Å²) in [6.45, 7) is 12.0. The largest absolute Gasteiger partial charge is 0.308 e. The molecule has 0 aliphatic heterocycles. The molecule has 1 heterocycles. The maximum Gasteiger partial charge on any atom is 0.134 e. The number of hydrogen-bond donors (Lipinski definition) is 1. The highest BCUT2D eigenvalue weighted by Gasteiger charge is 2.16. The van der Waals surface area contributed by atoms with E-state index in [0.29, 0.717) is 6.04 Å². The van der Waals surface area contributed by atoms with Gasteiger partial charge in [0.2, 0.25) is 0 Å². The Morgan fingerprint density at radius 3 is 2.56 bits per heavy atom. The smallest absolute Gasteiger partial charge is 0.134 e. The number of nitrogens with one attached hydrogen (secondary N) is 1. The Balaban J connectivity index is 2.57. The van der Waals surface area contributed by atoms with E-state index in [2.05, 4.69) is 50.1 Å². The summed E-state index contributed by atoms with van der Waals surface area (Å²) >= 11 is 1.73. The van der Waals surface area contributed by atoms with Crippen LogP contribution in [-0.2, 0) is 6.42 Å². The van der Waals surface area contributed by atoms with Crippen LogP contribution in [0.2, 0.25) is 0 Å². The standard InChI is InChI=1S/C12H23N3S/c1-6-7-13-9(2)11-15-14-10(16-11)8-12(3,4)5/h9,13H,6-8H2,1-5H3. The van der Waals surface area contributed by atoms with Gasteiger partial charge in [-0.05, 0) is 25.3 Å². The van der Waals surface area contributed by atoms with Gasteiger partial charge in [-0.3, -0.25) is 0 Å². The van der Waals surface area contributed by atoms with E-state index in [4.69, 9.17) is 0 Å². The van der Waals surface area contributed by atoms with Gasteiger partial charge in [0.25, 0.3) is 0 Å². The van der Waals surface area contributed by atoms with E-state index < -0.39 is 0 Å². The summed E-state index contributed by atoms with van der Waals surface area (Å²) in [5, 5.41) is 14.2. The van der Waals surface area contributed by atoms with Crippen LogP contribution in [0.1, 0.15) is 57.1 Å². The maximum atomic E-state index is 4.26. The van der Waals surface area contributed by atoms with Crippen LogP contribution in [0.25, 0.3) is 0 Å². The van der Waals surface area contributed by atoms with Crippen LogP contribution in [0, 0.1) is 5.41 Å². The molecule has 0 saturated carbocycles. The van der Waals surface area contributed by atoms with Gasteiger partial charge < -0.3 is 5.32 Å². The summed E-state index contributed by atoms with van der Waals surface area (Å²) in [5.41, 5.74) is 0.289. The van der Waals surface area contributed by atoms with Gasteiger partial charge in [-0.25, -0.2) is 0 Å². The van der Waals surface area contributed by atoms with Crippen LogP contribution >= 0.6 is 11.3 Å². The molecule has 92 valence electrons. The lowest BCUT2D eigenvalue weighted by molar-refractivity contribution is 0.409. The molecule has 0 aliphatic rings. The Hall–Kier alpha value is -0.480. The average molecular weight is 241 g/mol. The predicted octanol–water partition coefficient (Wildman–Crippen LogP) is 3.19. The fraction of sp³-hybridized carbons (Fsp3) is 0.833. The lowest BCUT2D eigenvalue weighted by Gasteiger charge is -2.15. The highest BCUT2D eigenvalue weighted by atomic mass is 32.1. The van der Waals surface area contributed by atoms with E-state index in [1.165, 1.54) is 0 Å². The maximum absolute atomic E-state index is 4.26. The third-order valence-electron chi connectivity index (χ3n) is 2.23. The topological polar surface area (TPSA) is 37.8 Å². The van der Waals surface area contributed by atoms with Crippen LogP contribution in [0.15, 0.2) is 0 Å². The van der Waals surface area contributed by atoms with Gasteiger partial charge in [0.15, 0.2) is 0 Å². The number of hydrogen-bond acceptors (Lipinski definition) is 4. The molecule has 0 fully saturated rings. The first-order valence-corrected chi connectivity index (χ1v) is 6.79. The third-order valence-corrected chi connectivity index (χ3v) is 3.34. The minimum Gasteiger partial charge on any atom is -0.308 e. The second-order valence-electron chi connectivity index (χ2n) is 5.45. The zero-order chi connectivity index (χ0) is 12.2. The van der Waals surface area contributed by atoms with Crippen molar-refractivity contribution in [2.24, 2.45) is 5.41 Å². The van der Waals surface area contributed by atoms with Crippen molar-refractivity contribution in [3.63, 3.8) is 0 Å². The number of aromatic nitrogens is 2. The van der Waals surface area contributed by atoms with Gasteiger partial charge in [0.1, 0.15) is 10.0 Å². The molecule has 0 spiro atoms. The van der Waals surface area contributed by atoms with Gasteiger partial charge in [-0.1, -0.05) is 39.0 Å². The molecule has 0 saturated heterocycles. The molecule has 16 heavy (non-hydrogen) atoms. The summed E-state index contributed by atoms with van der Waals surface area (Å²) < 4.78 is 0. The van der Waals surface area contributed by atoms with E-state index in [9.17, 15) is 0 Å². The molecule has 3 nitrogen and oxygen atoms in total. The summed E-state index contributed by atoms with van der Waals surface area (Å²) in [4.78, 5) is 0. The average Bonchev–Trinajstić information content (AvgIpc) is 2.59. The summed E-state index contributed by atoms with van der Waals surface area (Å²) in [6.07, 6.45) is 2.16. The van der Waals surface area contributed by atoms with Crippen molar-refractivity contribution in [3.8, 4) is 0 Å². The molecule has 1 rings (SSSR count). The highest BCUT2D eigenvalue weighted by Crippen LogP contribution is 2.25. The molecule has 4 heteroatoms. The van der Waals surface area contributed by atoms with E-state index >= 15 is 0 Å². The van der Waals surface area contributed by atoms with Gasteiger partial charge in [-0.2, -0.15) is 0 Å². The lowest BCUT2D eigenvalue weighted by Crippen LogP contribution is -2.19. The molecule has 0 amide bonds. The van der Waals surface area contributed by atoms with Crippen molar-refractivity contribution >= 4 is 11.3 Å². The molecule has 1 aromatic heterocycles. The van der Waals surface area contributed by atoms with E-state index in [0.717, 1.165) is 29.4 Å². The minimum atomic E-state index is 0.289. The van der Waals surface area contributed by atoms with Gasteiger partial charge in [-0.15, -0.1) is 10.2 Å². The zero-order valence-electron chi connectivity index (χ0n) is 11.0. The fourth-order valence-electron chi connectivity index (χ4n) is 1.41. The lowest BCUT2D eigenvalue weighted by atomic mass is 9.93. The number of nitrogens with zero attached hydrogens (tertiary/aromatic N) is 2. The molecular formula is C12H23N3S. The Morgan fingerprint density at radius 2 is 2.00 bits per heavy atom. The SMILES string of the molecule is CCCNC(C)c1nnc(CC(C)(C)C)s1. The monoisotopic (exact) mass is 241 g/mol. The number of rotatable bonds is 5. The van der Waals surface area contributed by atoms with Crippen molar-refractivity contribution < 1.29 is 0 Å². The van der Waals surface area contributed by atoms with E-state index in [-0.39, 0.29) is 5.41 Å². The summed E-state index contributed by atoms with van der Waals surface area (Å²) in [5.74, 6) is 0. The summed E-state index contributed by atoms with van der Waals surface area (Å²) in [7, 11) is 0. The van der Waals surface area contributed by atoms with Crippen LogP contribution < -0.4 is 5.32 Å². The molecule has 0 aromatic carbocycles. The molecule has 0 aliphatic carbocycles. The van der Waals surface area contributed by atoms with Crippen molar-refractivity contribution in [2.45, 2.75) is 53.5 Å². The second kappa shape index (κ2) is 5.73. The molecule has 1 atom stereocenters. The molecule has 1 N–H and O–H groups in total. The van der Waals surface area contributed by atoms with Gasteiger partial charge in [0, 0.05) is 6.42 Å². The van der Waals surface area contributed by atoms with Crippen molar-refractivity contribution in [3.05, 3.63) is 10.0 Å².